The Bertz CT molecular complexity index is 1050. The van der Waals surface area contributed by atoms with Crippen LogP contribution in [0.4, 0.5) is 5.82 Å². The van der Waals surface area contributed by atoms with E-state index in [2.05, 4.69) is 10.4 Å². The molecule has 1 atom stereocenters. The number of aliphatic hydroxyl groups excluding tert-OH is 1. The number of rotatable bonds is 8. The maximum atomic E-state index is 13.1. The first-order valence-corrected chi connectivity index (χ1v) is 11.9. The van der Waals surface area contributed by atoms with Crippen molar-refractivity contribution in [3.63, 3.8) is 0 Å². The van der Waals surface area contributed by atoms with Crippen molar-refractivity contribution in [3.8, 4) is 6.07 Å². The smallest absolute Gasteiger partial charge is 0.233 e. The fraction of sp³-hybridized carbons (Fsp3) is 0.476. The second-order valence-corrected chi connectivity index (χ2v) is 9.74. The quantitative estimate of drug-likeness (QED) is 0.663. The van der Waals surface area contributed by atoms with E-state index in [1.807, 2.05) is 6.07 Å². The van der Waals surface area contributed by atoms with E-state index in [1.165, 1.54) is 16.8 Å². The van der Waals surface area contributed by atoms with Gasteiger partial charge in [-0.3, -0.25) is 9.48 Å². The van der Waals surface area contributed by atoms with Crippen LogP contribution in [0.3, 0.4) is 0 Å². The summed E-state index contributed by atoms with van der Waals surface area (Å²) in [7, 11) is -3.54. The van der Waals surface area contributed by atoms with Gasteiger partial charge in [0.25, 0.3) is 0 Å². The number of sulfone groups is 1. The highest BCUT2D eigenvalue weighted by atomic mass is 32.2. The number of carbonyl (C=O) groups is 1. The van der Waals surface area contributed by atoms with Gasteiger partial charge < -0.3 is 10.4 Å². The number of amides is 1. The summed E-state index contributed by atoms with van der Waals surface area (Å²) in [5.41, 5.74) is 0.671. The van der Waals surface area contributed by atoms with Crippen LogP contribution in [0.2, 0.25) is 0 Å². The second-order valence-electron chi connectivity index (χ2n) is 7.76. The molecule has 2 aromatic rings. The first kappa shape index (κ1) is 22.0. The molecule has 1 aromatic heterocycles. The molecular weight excluding hydrogens is 404 g/mol. The molecule has 1 heterocycles. The van der Waals surface area contributed by atoms with E-state index in [-0.39, 0.29) is 23.0 Å². The van der Waals surface area contributed by atoms with E-state index in [4.69, 9.17) is 5.11 Å². The standard InChI is InChI=1S/C21H26N4O4S/c1-30(28,29)19-7-6-16(13-17(19)14-22)18(12-15-4-2-3-5-15)21(27)23-20-8-9-25(24-20)10-11-26/h6-9,13,15,18,26H,2-5,10-12H2,1H3,(H,23,24,27). The molecule has 8 nitrogen and oxygen atoms in total. The van der Waals surface area contributed by atoms with Crippen molar-refractivity contribution in [2.24, 2.45) is 5.92 Å². The Labute approximate surface area is 176 Å². The Morgan fingerprint density at radius 3 is 2.73 bits per heavy atom. The average molecular weight is 431 g/mol. The van der Waals surface area contributed by atoms with Gasteiger partial charge in [0.05, 0.1) is 29.5 Å². The minimum Gasteiger partial charge on any atom is -0.394 e. The summed E-state index contributed by atoms with van der Waals surface area (Å²) in [6.45, 7) is 0.281. The van der Waals surface area contributed by atoms with Crippen LogP contribution in [0.25, 0.3) is 0 Å². The molecule has 30 heavy (non-hydrogen) atoms. The molecule has 3 rings (SSSR count). The first-order chi connectivity index (χ1) is 14.3. The minimum atomic E-state index is -3.54. The number of anilines is 1. The highest BCUT2D eigenvalue weighted by molar-refractivity contribution is 7.90. The van der Waals surface area contributed by atoms with Gasteiger partial charge in [-0.2, -0.15) is 10.4 Å². The van der Waals surface area contributed by atoms with Gasteiger partial charge in [0.1, 0.15) is 6.07 Å². The molecule has 160 valence electrons. The summed E-state index contributed by atoms with van der Waals surface area (Å²) in [5, 5.41) is 25.5. The molecule has 1 saturated carbocycles. The fourth-order valence-electron chi connectivity index (χ4n) is 4.02. The van der Waals surface area contributed by atoms with Crippen molar-refractivity contribution < 1.29 is 18.3 Å². The number of nitrogens with one attached hydrogen (secondary N) is 1. The average Bonchev–Trinajstić information content (AvgIpc) is 3.37. The molecule has 1 fully saturated rings. The van der Waals surface area contributed by atoms with Crippen LogP contribution >= 0.6 is 0 Å². The molecule has 0 spiro atoms. The Balaban J connectivity index is 1.89. The summed E-state index contributed by atoms with van der Waals surface area (Å²) < 4.78 is 25.4. The topological polar surface area (TPSA) is 125 Å². The Morgan fingerprint density at radius 2 is 2.10 bits per heavy atom. The Morgan fingerprint density at radius 1 is 1.37 bits per heavy atom. The normalized spacial score (nSPS) is 15.6. The Hall–Kier alpha value is -2.70. The van der Waals surface area contributed by atoms with Crippen LogP contribution in [0.5, 0.6) is 0 Å². The van der Waals surface area contributed by atoms with Gasteiger partial charge in [-0.15, -0.1) is 0 Å². The number of carbonyl (C=O) groups excluding carboxylic acids is 1. The maximum absolute atomic E-state index is 13.1. The highest BCUT2D eigenvalue weighted by Crippen LogP contribution is 2.35. The number of hydrogen-bond acceptors (Lipinski definition) is 6. The van der Waals surface area contributed by atoms with Crippen molar-refractivity contribution in [1.82, 2.24) is 9.78 Å². The van der Waals surface area contributed by atoms with Crippen LogP contribution in [0.15, 0.2) is 35.4 Å². The van der Waals surface area contributed by atoms with Gasteiger partial charge in [-0.1, -0.05) is 31.7 Å². The third kappa shape index (κ3) is 5.26. The lowest BCUT2D eigenvalue weighted by molar-refractivity contribution is -0.118. The van der Waals surface area contributed by atoms with Crippen LogP contribution in [0.1, 0.15) is 49.1 Å². The molecule has 1 aliphatic carbocycles. The van der Waals surface area contributed by atoms with Gasteiger partial charge in [-0.05, 0) is 30.0 Å². The van der Waals surface area contributed by atoms with Crippen LogP contribution in [-0.4, -0.2) is 42.1 Å². The van der Waals surface area contributed by atoms with E-state index >= 15 is 0 Å². The lowest BCUT2D eigenvalue weighted by Gasteiger charge is -2.21. The lowest BCUT2D eigenvalue weighted by atomic mass is 9.86. The molecule has 1 aliphatic rings. The van der Waals surface area contributed by atoms with Gasteiger partial charge in [0, 0.05) is 18.5 Å². The summed E-state index contributed by atoms with van der Waals surface area (Å²) in [5.74, 6) is 0.0369. The highest BCUT2D eigenvalue weighted by Gasteiger charge is 2.28. The first-order valence-electron chi connectivity index (χ1n) is 10.0. The zero-order valence-corrected chi connectivity index (χ0v) is 17.7. The third-order valence-electron chi connectivity index (χ3n) is 5.51. The van der Waals surface area contributed by atoms with Gasteiger partial charge in [-0.25, -0.2) is 8.42 Å². The van der Waals surface area contributed by atoms with Crippen LogP contribution < -0.4 is 5.32 Å². The molecule has 0 saturated heterocycles. The molecule has 2 N–H and O–H groups in total. The van der Waals surface area contributed by atoms with E-state index < -0.39 is 15.8 Å². The minimum absolute atomic E-state index is 0.0310. The molecule has 1 amide bonds. The van der Waals surface area contributed by atoms with Crippen molar-refractivity contribution in [2.45, 2.75) is 49.5 Å². The zero-order valence-electron chi connectivity index (χ0n) is 16.9. The van der Waals surface area contributed by atoms with Crippen molar-refractivity contribution in [2.75, 3.05) is 18.2 Å². The van der Waals surface area contributed by atoms with Gasteiger partial charge >= 0.3 is 0 Å². The zero-order chi connectivity index (χ0) is 21.7. The van der Waals surface area contributed by atoms with E-state index in [1.54, 1.807) is 18.3 Å². The van der Waals surface area contributed by atoms with E-state index in [9.17, 15) is 18.5 Å². The molecule has 1 aromatic carbocycles. The summed E-state index contributed by atoms with van der Waals surface area (Å²) in [6, 6.07) is 8.16. The van der Waals surface area contributed by atoms with E-state index in [0.29, 0.717) is 30.3 Å². The molecule has 0 radical (unpaired) electrons. The summed E-state index contributed by atoms with van der Waals surface area (Å²) >= 11 is 0. The number of benzene rings is 1. The third-order valence-corrected chi connectivity index (χ3v) is 6.66. The number of hydrogen-bond donors (Lipinski definition) is 2. The lowest BCUT2D eigenvalue weighted by Crippen LogP contribution is -2.24. The number of aliphatic hydroxyl groups is 1. The molecular formula is C21H26N4O4S. The van der Waals surface area contributed by atoms with Crippen LogP contribution in [0, 0.1) is 17.2 Å². The maximum Gasteiger partial charge on any atom is 0.233 e. The SMILES string of the molecule is CS(=O)(=O)c1ccc(C(CC2CCCC2)C(=O)Nc2ccn(CCO)n2)cc1C#N. The predicted molar refractivity (Wildman–Crippen MR) is 112 cm³/mol. The largest absolute Gasteiger partial charge is 0.394 e. The fourth-order valence-corrected chi connectivity index (χ4v) is 4.84. The molecule has 9 heteroatoms. The monoisotopic (exact) mass is 430 g/mol. The predicted octanol–water partition coefficient (Wildman–Crippen LogP) is 2.45. The summed E-state index contributed by atoms with van der Waals surface area (Å²) in [6.07, 6.45) is 7.76. The Kier molecular flexibility index (Phi) is 6.90. The van der Waals surface area contributed by atoms with E-state index in [0.717, 1.165) is 31.9 Å². The number of nitrogens with zero attached hydrogens (tertiary/aromatic N) is 3. The van der Waals surface area contributed by atoms with Gasteiger partial charge in [0.15, 0.2) is 15.7 Å². The number of nitriles is 1. The van der Waals surface area contributed by atoms with Crippen molar-refractivity contribution >= 4 is 21.6 Å². The number of aromatic nitrogens is 2. The van der Waals surface area contributed by atoms with Crippen molar-refractivity contribution in [3.05, 3.63) is 41.6 Å². The molecule has 0 bridgehead atoms. The molecule has 0 aliphatic heterocycles. The molecule has 1 unspecified atom stereocenters. The van der Waals surface area contributed by atoms with Crippen molar-refractivity contribution in [1.29, 1.82) is 5.26 Å². The second kappa shape index (κ2) is 9.41. The van der Waals surface area contributed by atoms with Crippen LogP contribution in [-0.2, 0) is 21.2 Å². The van der Waals surface area contributed by atoms with Gasteiger partial charge in [0.2, 0.25) is 5.91 Å². The summed E-state index contributed by atoms with van der Waals surface area (Å²) in [4.78, 5) is 13.1.